The highest BCUT2D eigenvalue weighted by Crippen LogP contribution is 2.09. The maximum absolute atomic E-state index is 10.1. The molecule has 3 nitrogen and oxygen atoms in total. The van der Waals surface area contributed by atoms with Crippen molar-refractivity contribution in [3.05, 3.63) is 0 Å². The Balaban J connectivity index is 0.000001000. The van der Waals surface area contributed by atoms with E-state index in [2.05, 4.69) is 5.32 Å². The summed E-state index contributed by atoms with van der Waals surface area (Å²) in [6, 6.07) is 0.469. The second kappa shape index (κ2) is 5.38. The van der Waals surface area contributed by atoms with Gasteiger partial charge in [0.15, 0.2) is 0 Å². The quantitative estimate of drug-likeness (QED) is 0.681. The molecule has 2 N–H and O–H groups in total. The fourth-order valence-corrected chi connectivity index (χ4v) is 1.30. The summed E-state index contributed by atoms with van der Waals surface area (Å²) in [4.78, 5) is 10.1. The number of hydrogen-bond acceptors (Lipinski definition) is 2. The molecule has 0 radical (unpaired) electrons. The molecule has 1 aliphatic rings. The van der Waals surface area contributed by atoms with Crippen molar-refractivity contribution in [1.82, 2.24) is 5.32 Å². The van der Waals surface area contributed by atoms with Crippen molar-refractivity contribution in [2.75, 3.05) is 6.54 Å². The highest BCUT2D eigenvalue weighted by atomic mass is 35.5. The summed E-state index contributed by atoms with van der Waals surface area (Å²) in [5.74, 6) is -0.686. The third-order valence-electron chi connectivity index (χ3n) is 1.87. The van der Waals surface area contributed by atoms with Crippen molar-refractivity contribution in [2.24, 2.45) is 0 Å². The van der Waals surface area contributed by atoms with Gasteiger partial charge in [-0.2, -0.15) is 0 Å². The van der Waals surface area contributed by atoms with Crippen LogP contribution >= 0.6 is 12.4 Å². The van der Waals surface area contributed by atoms with E-state index in [4.69, 9.17) is 5.11 Å². The number of carbonyl (C=O) groups is 1. The van der Waals surface area contributed by atoms with Crippen LogP contribution in [0.2, 0.25) is 0 Å². The lowest BCUT2D eigenvalue weighted by Crippen LogP contribution is -2.21. The van der Waals surface area contributed by atoms with Crippen LogP contribution in [0.3, 0.4) is 0 Å². The van der Waals surface area contributed by atoms with Crippen LogP contribution in [0.5, 0.6) is 0 Å². The molecule has 0 aromatic carbocycles. The summed E-state index contributed by atoms with van der Waals surface area (Å²) in [6.45, 7) is 1.06. The van der Waals surface area contributed by atoms with Gasteiger partial charge in [-0.3, -0.25) is 4.79 Å². The van der Waals surface area contributed by atoms with Gasteiger partial charge < -0.3 is 10.4 Å². The van der Waals surface area contributed by atoms with E-state index in [-0.39, 0.29) is 12.4 Å². The number of carboxylic acids is 1. The molecule has 1 fully saturated rings. The highest BCUT2D eigenvalue weighted by Gasteiger charge is 2.14. The normalized spacial score (nSPS) is 22.7. The van der Waals surface area contributed by atoms with Crippen LogP contribution in [-0.2, 0) is 4.79 Å². The summed E-state index contributed by atoms with van der Waals surface area (Å²) < 4.78 is 0. The fourth-order valence-electron chi connectivity index (χ4n) is 1.30. The second-order valence-electron chi connectivity index (χ2n) is 2.73. The SMILES string of the molecule is Cl.O=C(O)CC[C@H]1CCCN1. The summed E-state index contributed by atoms with van der Waals surface area (Å²) in [6.07, 6.45) is 3.44. The van der Waals surface area contributed by atoms with Crippen LogP contribution in [-0.4, -0.2) is 23.7 Å². The molecular formula is C7H14ClNO2. The van der Waals surface area contributed by atoms with Crippen molar-refractivity contribution < 1.29 is 9.90 Å². The average Bonchev–Trinajstić information content (AvgIpc) is 2.34. The first-order chi connectivity index (χ1) is 4.79. The molecule has 1 saturated heterocycles. The predicted octanol–water partition coefficient (Wildman–Crippen LogP) is 1.02. The Kier molecular flexibility index (Phi) is 5.24. The zero-order valence-corrected chi connectivity index (χ0v) is 7.19. The number of carboxylic acid groups (broad SMARTS) is 1. The highest BCUT2D eigenvalue weighted by molar-refractivity contribution is 5.85. The smallest absolute Gasteiger partial charge is 0.303 e. The standard InChI is InChI=1S/C7H13NO2.ClH/c9-7(10)4-3-6-2-1-5-8-6;/h6,8H,1-5H2,(H,9,10);1H/t6-;/m1./s1. The van der Waals surface area contributed by atoms with Gasteiger partial charge in [0.1, 0.15) is 0 Å². The minimum absolute atomic E-state index is 0. The Labute approximate surface area is 72.6 Å². The van der Waals surface area contributed by atoms with Crippen LogP contribution in [0.4, 0.5) is 0 Å². The van der Waals surface area contributed by atoms with Gasteiger partial charge in [0.2, 0.25) is 0 Å². The van der Waals surface area contributed by atoms with Gasteiger partial charge in [-0.05, 0) is 25.8 Å². The largest absolute Gasteiger partial charge is 0.481 e. The van der Waals surface area contributed by atoms with Gasteiger partial charge >= 0.3 is 5.97 Å². The predicted molar refractivity (Wildman–Crippen MR) is 45.1 cm³/mol. The Morgan fingerprint density at radius 3 is 2.82 bits per heavy atom. The molecule has 11 heavy (non-hydrogen) atoms. The van der Waals surface area contributed by atoms with E-state index >= 15 is 0 Å². The maximum Gasteiger partial charge on any atom is 0.303 e. The summed E-state index contributed by atoms with van der Waals surface area (Å²) in [7, 11) is 0. The van der Waals surface area contributed by atoms with E-state index in [0.717, 1.165) is 19.4 Å². The van der Waals surface area contributed by atoms with Crippen molar-refractivity contribution in [2.45, 2.75) is 31.7 Å². The molecule has 0 amide bonds. The van der Waals surface area contributed by atoms with Crippen molar-refractivity contribution >= 4 is 18.4 Å². The first-order valence-corrected chi connectivity index (χ1v) is 3.74. The van der Waals surface area contributed by atoms with Crippen molar-refractivity contribution in [3.8, 4) is 0 Å². The molecule has 0 aromatic heterocycles. The topological polar surface area (TPSA) is 49.3 Å². The van der Waals surface area contributed by atoms with E-state index in [1.54, 1.807) is 0 Å². The first-order valence-electron chi connectivity index (χ1n) is 3.74. The third-order valence-corrected chi connectivity index (χ3v) is 1.87. The van der Waals surface area contributed by atoms with Gasteiger partial charge in [-0.25, -0.2) is 0 Å². The molecule has 0 unspecified atom stereocenters. The van der Waals surface area contributed by atoms with Gasteiger partial charge in [0.05, 0.1) is 0 Å². The van der Waals surface area contributed by atoms with Crippen LogP contribution in [0.1, 0.15) is 25.7 Å². The zero-order chi connectivity index (χ0) is 7.40. The Hall–Kier alpha value is -0.280. The lowest BCUT2D eigenvalue weighted by atomic mass is 10.1. The van der Waals surface area contributed by atoms with Gasteiger partial charge in [0.25, 0.3) is 0 Å². The number of hydrogen-bond donors (Lipinski definition) is 2. The lowest BCUT2D eigenvalue weighted by molar-refractivity contribution is -0.137. The molecule has 0 saturated carbocycles. The molecule has 66 valence electrons. The van der Waals surface area contributed by atoms with Gasteiger partial charge in [-0.15, -0.1) is 12.4 Å². The Morgan fingerprint density at radius 2 is 2.36 bits per heavy atom. The molecule has 0 spiro atoms. The van der Waals surface area contributed by atoms with E-state index in [9.17, 15) is 4.79 Å². The van der Waals surface area contributed by atoms with Gasteiger partial charge in [0, 0.05) is 12.5 Å². The monoisotopic (exact) mass is 179 g/mol. The molecule has 0 aromatic rings. The Morgan fingerprint density at radius 1 is 1.64 bits per heavy atom. The third kappa shape index (κ3) is 4.22. The average molecular weight is 180 g/mol. The van der Waals surface area contributed by atoms with Crippen molar-refractivity contribution in [3.63, 3.8) is 0 Å². The number of aliphatic carboxylic acids is 1. The van der Waals surface area contributed by atoms with E-state index in [1.165, 1.54) is 6.42 Å². The fraction of sp³-hybridized carbons (Fsp3) is 0.857. The summed E-state index contributed by atoms with van der Waals surface area (Å²) in [5, 5.41) is 11.6. The molecule has 1 heterocycles. The van der Waals surface area contributed by atoms with E-state index in [1.807, 2.05) is 0 Å². The number of nitrogens with one attached hydrogen (secondary N) is 1. The number of rotatable bonds is 3. The van der Waals surface area contributed by atoms with Crippen LogP contribution in [0.15, 0.2) is 0 Å². The maximum atomic E-state index is 10.1. The van der Waals surface area contributed by atoms with Crippen LogP contribution < -0.4 is 5.32 Å². The minimum Gasteiger partial charge on any atom is -0.481 e. The van der Waals surface area contributed by atoms with Crippen molar-refractivity contribution in [1.29, 1.82) is 0 Å². The summed E-state index contributed by atoms with van der Waals surface area (Å²) in [5.41, 5.74) is 0. The second-order valence-corrected chi connectivity index (χ2v) is 2.73. The lowest BCUT2D eigenvalue weighted by Gasteiger charge is -2.05. The van der Waals surface area contributed by atoms with E-state index < -0.39 is 5.97 Å². The zero-order valence-electron chi connectivity index (χ0n) is 6.38. The Bertz CT molecular complexity index is 124. The first kappa shape index (κ1) is 10.7. The van der Waals surface area contributed by atoms with Gasteiger partial charge in [-0.1, -0.05) is 0 Å². The molecule has 1 rings (SSSR count). The molecule has 1 aliphatic heterocycles. The molecule has 4 heteroatoms. The molecule has 0 bridgehead atoms. The number of halogens is 1. The van der Waals surface area contributed by atoms with E-state index in [0.29, 0.717) is 12.5 Å². The van der Waals surface area contributed by atoms with Crippen LogP contribution in [0, 0.1) is 0 Å². The van der Waals surface area contributed by atoms with Crippen LogP contribution in [0.25, 0.3) is 0 Å². The molecular weight excluding hydrogens is 166 g/mol. The minimum atomic E-state index is -0.686. The molecule has 0 aliphatic carbocycles. The molecule has 1 atom stereocenters. The summed E-state index contributed by atoms with van der Waals surface area (Å²) >= 11 is 0.